The maximum Gasteiger partial charge on any atom is 0.230 e. The number of hydrogen-bond donors (Lipinski definition) is 4. The first-order valence-electron chi connectivity index (χ1n) is 14.3. The Morgan fingerprint density at radius 3 is 1.49 bits per heavy atom. The Morgan fingerprint density at radius 1 is 0.641 bits per heavy atom. The van der Waals surface area contributed by atoms with Crippen LogP contribution in [0.5, 0.6) is 0 Å². The normalized spacial score (nSPS) is 10.8. The van der Waals surface area contributed by atoms with Crippen molar-refractivity contribution < 1.29 is 33.3 Å². The topological polar surface area (TPSA) is 195 Å². The fraction of sp³-hybridized carbons (Fsp3) is 0.889. The number of nitrogens with zero attached hydrogens (tertiary/aromatic N) is 1. The van der Waals surface area contributed by atoms with Crippen LogP contribution in [0.15, 0.2) is 0 Å². The highest BCUT2D eigenvalue weighted by molar-refractivity contribution is 5.98. The third-order valence-electron chi connectivity index (χ3n) is 5.42. The Balaban J connectivity index is 0. The van der Waals surface area contributed by atoms with Crippen LogP contribution in [0.3, 0.4) is 0 Å². The van der Waals surface area contributed by atoms with E-state index in [1.165, 1.54) is 0 Å². The number of nitrogens with two attached hydrogens (primary N) is 4. The molecule has 0 heterocycles. The summed E-state index contributed by atoms with van der Waals surface area (Å²) in [4.78, 5) is 36.7. The molecule has 0 aliphatic carbocycles. The second-order valence-corrected chi connectivity index (χ2v) is 8.96. The fourth-order valence-corrected chi connectivity index (χ4v) is 3.26. The molecule has 0 aromatic rings. The second-order valence-electron chi connectivity index (χ2n) is 8.96. The lowest BCUT2D eigenvalue weighted by molar-refractivity contribution is -0.135. The molecular weight excluding hydrogens is 506 g/mol. The van der Waals surface area contributed by atoms with Gasteiger partial charge < -0.3 is 46.8 Å². The van der Waals surface area contributed by atoms with Gasteiger partial charge in [-0.2, -0.15) is 0 Å². The number of rotatable bonds is 27. The number of ketones is 2. The average Bonchev–Trinajstić information content (AvgIpc) is 2.92. The maximum absolute atomic E-state index is 11.9. The SMILES string of the molecule is CCCOCCOCCCC(=O)C(CN)CN.CCCOCCOCCCC(=O)CC(=O)N(CCN)CCN. The van der Waals surface area contributed by atoms with Gasteiger partial charge >= 0.3 is 0 Å². The van der Waals surface area contributed by atoms with Crippen molar-refractivity contribution in [3.8, 4) is 0 Å². The van der Waals surface area contributed by atoms with E-state index in [1.807, 2.05) is 0 Å². The standard InChI is InChI=1S/C15H31N3O4.C12H26N2O3/c1-2-9-21-11-12-22-10-3-4-14(19)13-15(20)18(7-5-16)8-6-17;1-2-5-16-7-8-17-6-3-4-12(15)11(9-13)10-14/h2-13,16-17H2,1H3;11H,2-10,13-14H2,1H3. The molecule has 0 spiro atoms. The van der Waals surface area contributed by atoms with E-state index in [0.717, 1.165) is 32.5 Å². The summed E-state index contributed by atoms with van der Waals surface area (Å²) in [7, 11) is 0. The van der Waals surface area contributed by atoms with E-state index in [4.69, 9.17) is 41.9 Å². The number of carbonyl (C=O) groups is 3. The number of hydrogen-bond acceptors (Lipinski definition) is 11. The third kappa shape index (κ3) is 26.5. The molecule has 0 unspecified atom stereocenters. The van der Waals surface area contributed by atoms with Crippen LogP contribution in [0.25, 0.3) is 0 Å². The molecule has 8 N–H and O–H groups in total. The van der Waals surface area contributed by atoms with Crippen LogP contribution in [0.4, 0.5) is 0 Å². The summed E-state index contributed by atoms with van der Waals surface area (Å²) in [6.45, 7) is 11.3. The van der Waals surface area contributed by atoms with Gasteiger partial charge in [0.15, 0.2) is 0 Å². The zero-order chi connectivity index (χ0) is 29.6. The molecular formula is C27H57N5O7. The van der Waals surface area contributed by atoms with Gasteiger partial charge in [-0.15, -0.1) is 0 Å². The Kier molecular flexibility index (Phi) is 31.5. The van der Waals surface area contributed by atoms with Crippen molar-refractivity contribution in [2.45, 2.75) is 58.8 Å². The molecule has 232 valence electrons. The van der Waals surface area contributed by atoms with Crippen LogP contribution in [0.2, 0.25) is 0 Å². The highest BCUT2D eigenvalue weighted by Gasteiger charge is 2.16. The maximum atomic E-state index is 11.9. The Bertz CT molecular complexity index is 575. The zero-order valence-corrected chi connectivity index (χ0v) is 24.5. The van der Waals surface area contributed by atoms with Gasteiger partial charge in [0.2, 0.25) is 5.91 Å². The minimum atomic E-state index is -0.199. The Labute approximate surface area is 235 Å². The van der Waals surface area contributed by atoms with Crippen molar-refractivity contribution in [3.05, 3.63) is 0 Å². The summed E-state index contributed by atoms with van der Waals surface area (Å²) in [5, 5.41) is 0. The lowest BCUT2D eigenvalue weighted by Gasteiger charge is -2.20. The van der Waals surface area contributed by atoms with Gasteiger partial charge in [0, 0.05) is 84.5 Å². The lowest BCUT2D eigenvalue weighted by Crippen LogP contribution is -2.39. The van der Waals surface area contributed by atoms with Gasteiger partial charge in [-0.25, -0.2) is 0 Å². The summed E-state index contributed by atoms with van der Waals surface area (Å²) < 4.78 is 21.2. The number of carbonyl (C=O) groups excluding carboxylic acids is 3. The first-order valence-corrected chi connectivity index (χ1v) is 14.3. The predicted molar refractivity (Wildman–Crippen MR) is 153 cm³/mol. The van der Waals surface area contributed by atoms with Crippen LogP contribution in [0.1, 0.15) is 58.8 Å². The van der Waals surface area contributed by atoms with Gasteiger partial charge in [0.1, 0.15) is 11.6 Å². The molecule has 0 saturated heterocycles. The molecule has 0 radical (unpaired) electrons. The molecule has 12 heteroatoms. The molecule has 0 atom stereocenters. The zero-order valence-electron chi connectivity index (χ0n) is 24.5. The van der Waals surface area contributed by atoms with E-state index >= 15 is 0 Å². The molecule has 0 bridgehead atoms. The molecule has 1 amide bonds. The van der Waals surface area contributed by atoms with Crippen molar-refractivity contribution in [1.82, 2.24) is 4.90 Å². The van der Waals surface area contributed by atoms with Crippen molar-refractivity contribution in [2.75, 3.05) is 92.1 Å². The van der Waals surface area contributed by atoms with Gasteiger partial charge in [0.25, 0.3) is 0 Å². The van der Waals surface area contributed by atoms with Crippen molar-refractivity contribution in [1.29, 1.82) is 0 Å². The second kappa shape index (κ2) is 31.0. The molecule has 0 rings (SSSR count). The summed E-state index contributed by atoms with van der Waals surface area (Å²) >= 11 is 0. The number of ether oxygens (including phenoxy) is 4. The van der Waals surface area contributed by atoms with E-state index in [9.17, 15) is 14.4 Å². The van der Waals surface area contributed by atoms with E-state index < -0.39 is 0 Å². The van der Waals surface area contributed by atoms with Gasteiger partial charge in [-0.1, -0.05) is 13.8 Å². The molecule has 39 heavy (non-hydrogen) atoms. The van der Waals surface area contributed by atoms with Crippen LogP contribution < -0.4 is 22.9 Å². The van der Waals surface area contributed by atoms with E-state index in [0.29, 0.717) is 98.2 Å². The van der Waals surface area contributed by atoms with Gasteiger partial charge in [-0.05, 0) is 25.7 Å². The lowest BCUT2D eigenvalue weighted by atomic mass is 10.0. The van der Waals surface area contributed by atoms with E-state index in [-0.39, 0.29) is 29.8 Å². The smallest absolute Gasteiger partial charge is 0.230 e. The van der Waals surface area contributed by atoms with Crippen molar-refractivity contribution in [3.63, 3.8) is 0 Å². The minimum Gasteiger partial charge on any atom is -0.379 e. The Morgan fingerprint density at radius 2 is 1.08 bits per heavy atom. The van der Waals surface area contributed by atoms with E-state index in [1.54, 1.807) is 4.90 Å². The summed E-state index contributed by atoms with van der Waals surface area (Å²) in [5.41, 5.74) is 21.7. The highest BCUT2D eigenvalue weighted by Crippen LogP contribution is 2.02. The molecule has 0 fully saturated rings. The minimum absolute atomic E-state index is 0.0742. The first kappa shape index (κ1) is 39.6. The van der Waals surface area contributed by atoms with Crippen LogP contribution in [0, 0.1) is 5.92 Å². The number of amides is 1. The number of Topliss-reactive ketones (excluding diaryl/α,β-unsaturated/α-hetero) is 2. The largest absolute Gasteiger partial charge is 0.379 e. The van der Waals surface area contributed by atoms with E-state index in [2.05, 4.69) is 13.8 Å². The Hall–Kier alpha value is -1.51. The predicted octanol–water partition coefficient (Wildman–Crippen LogP) is 0.228. The van der Waals surface area contributed by atoms with Crippen molar-refractivity contribution in [2.24, 2.45) is 28.9 Å². The molecule has 0 aliphatic rings. The first-order chi connectivity index (χ1) is 18.9. The molecule has 0 saturated carbocycles. The van der Waals surface area contributed by atoms with Crippen LogP contribution in [-0.4, -0.2) is 114 Å². The summed E-state index contributed by atoms with van der Waals surface area (Å²) in [5.74, 6) is -0.326. The van der Waals surface area contributed by atoms with Crippen molar-refractivity contribution >= 4 is 17.5 Å². The van der Waals surface area contributed by atoms with Crippen LogP contribution >= 0.6 is 0 Å². The third-order valence-corrected chi connectivity index (χ3v) is 5.42. The summed E-state index contributed by atoms with van der Waals surface area (Å²) in [6.07, 6.45) is 4.12. The van der Waals surface area contributed by atoms with Crippen LogP contribution in [-0.2, 0) is 33.3 Å². The molecule has 0 aromatic carbocycles. The molecule has 0 aromatic heterocycles. The molecule has 12 nitrogen and oxygen atoms in total. The monoisotopic (exact) mass is 563 g/mol. The molecule has 0 aliphatic heterocycles. The quantitative estimate of drug-likeness (QED) is 0.0788. The fourth-order valence-electron chi connectivity index (χ4n) is 3.26. The average molecular weight is 564 g/mol. The summed E-state index contributed by atoms with van der Waals surface area (Å²) in [6, 6.07) is 0. The highest BCUT2D eigenvalue weighted by atomic mass is 16.5. The van der Waals surface area contributed by atoms with Gasteiger partial charge in [-0.3, -0.25) is 14.4 Å². The van der Waals surface area contributed by atoms with Gasteiger partial charge in [0.05, 0.1) is 32.8 Å².